The van der Waals surface area contributed by atoms with E-state index in [-0.39, 0.29) is 17.3 Å². The van der Waals surface area contributed by atoms with E-state index < -0.39 is 23.2 Å². The van der Waals surface area contributed by atoms with Gasteiger partial charge in [0.1, 0.15) is 11.7 Å². The quantitative estimate of drug-likeness (QED) is 0.0712. The van der Waals surface area contributed by atoms with Crippen molar-refractivity contribution in [2.45, 2.75) is 214 Å². The topological polar surface area (TPSA) is 66.8 Å². The monoisotopic (exact) mass is 697 g/mol. The summed E-state index contributed by atoms with van der Waals surface area (Å²) in [5.74, 6) is 2.98. The zero-order chi connectivity index (χ0) is 36.4. The molecule has 0 spiro atoms. The molecule has 4 aliphatic carbocycles. The minimum Gasteiger partial charge on any atom is -0.455 e. The smallest absolute Gasteiger partial charge is 0.306 e. The number of hydrogen-bond acceptors (Lipinski definition) is 4. The second-order valence-corrected chi connectivity index (χ2v) is 18.7. The molecular formula is C46H80O4. The van der Waals surface area contributed by atoms with Crippen LogP contribution in [0.4, 0.5) is 0 Å². The van der Waals surface area contributed by atoms with Crippen LogP contribution in [0.5, 0.6) is 0 Å². The maximum Gasteiger partial charge on any atom is 0.306 e. The number of allylic oxidation sites excluding steroid dienone is 3. The summed E-state index contributed by atoms with van der Waals surface area (Å²) in [6.07, 6.45) is 32.3. The third-order valence-corrected chi connectivity index (χ3v) is 14.9. The fraction of sp³-hybridized carbons (Fsp3) is 0.891. The fourth-order valence-corrected chi connectivity index (χ4v) is 11.1. The zero-order valence-corrected chi connectivity index (χ0v) is 33.8. The average molecular weight is 697 g/mol. The van der Waals surface area contributed by atoms with Gasteiger partial charge in [0.05, 0.1) is 6.10 Å². The molecule has 4 nitrogen and oxygen atoms in total. The molecule has 3 fully saturated rings. The molecule has 0 saturated heterocycles. The van der Waals surface area contributed by atoms with Crippen molar-refractivity contribution in [2.24, 2.45) is 46.3 Å². The lowest BCUT2D eigenvalue weighted by Crippen LogP contribution is -2.66. The van der Waals surface area contributed by atoms with Gasteiger partial charge in [-0.3, -0.25) is 4.79 Å². The molecule has 0 aliphatic heterocycles. The van der Waals surface area contributed by atoms with E-state index in [2.05, 4.69) is 66.7 Å². The lowest BCUT2D eigenvalue weighted by atomic mass is 9.45. The highest BCUT2D eigenvalue weighted by Crippen LogP contribution is 2.68. The van der Waals surface area contributed by atoms with Gasteiger partial charge in [0.25, 0.3) is 0 Å². The first-order valence-corrected chi connectivity index (χ1v) is 21.9. The molecular weight excluding hydrogens is 617 g/mol. The van der Waals surface area contributed by atoms with Gasteiger partial charge in [-0.1, -0.05) is 156 Å². The lowest BCUT2D eigenvalue weighted by molar-refractivity contribution is -0.222. The molecule has 0 aromatic rings. The number of aliphatic hydroxyl groups excluding tert-OH is 1. The lowest BCUT2D eigenvalue weighted by Gasteiger charge is -2.62. The second kappa shape index (κ2) is 19.3. The number of ether oxygens (including phenoxy) is 1. The largest absolute Gasteiger partial charge is 0.455 e. The third-order valence-electron chi connectivity index (χ3n) is 14.9. The Morgan fingerprint density at radius 2 is 1.38 bits per heavy atom. The Morgan fingerprint density at radius 3 is 1.96 bits per heavy atom. The Morgan fingerprint density at radius 1 is 0.800 bits per heavy atom. The Bertz CT molecular complexity index is 1090. The summed E-state index contributed by atoms with van der Waals surface area (Å²) in [6.45, 7) is 16.4. The molecule has 0 radical (unpaired) electrons. The molecule has 50 heavy (non-hydrogen) atoms. The van der Waals surface area contributed by atoms with Crippen LogP contribution in [-0.4, -0.2) is 34.0 Å². The summed E-state index contributed by atoms with van der Waals surface area (Å²) < 4.78 is 6.30. The Balaban J connectivity index is 1.30. The van der Waals surface area contributed by atoms with Crippen molar-refractivity contribution < 1.29 is 19.7 Å². The molecule has 3 saturated carbocycles. The van der Waals surface area contributed by atoms with Gasteiger partial charge in [0.2, 0.25) is 0 Å². The fourth-order valence-electron chi connectivity index (χ4n) is 11.1. The van der Waals surface area contributed by atoms with E-state index in [0.29, 0.717) is 48.9 Å². The predicted octanol–water partition coefficient (Wildman–Crippen LogP) is 12.3. The first-order chi connectivity index (χ1) is 23.9. The van der Waals surface area contributed by atoms with Gasteiger partial charge in [-0.2, -0.15) is 0 Å². The van der Waals surface area contributed by atoms with E-state index in [0.717, 1.165) is 25.7 Å². The van der Waals surface area contributed by atoms with Crippen molar-refractivity contribution in [3.05, 3.63) is 23.8 Å². The Hall–Kier alpha value is -1.13. The highest BCUT2D eigenvalue weighted by molar-refractivity contribution is 5.70. The number of rotatable bonds is 21. The SMILES string of the molecule is CCCCCCCCCCCCCCCCCC(=O)O[C@@H]1C=C2[C@@H]3CC[C@H]([C@H](C)/C=C/[C@H](C)C(C)C)[C@@]3(C)CC[C@@H]2[C@@]2(C)CC[C@H](O)C[C@]12O. The molecule has 10 atom stereocenters. The first kappa shape index (κ1) is 41.6. The second-order valence-electron chi connectivity index (χ2n) is 18.7. The number of carbonyl (C=O) groups is 1. The molecule has 0 heterocycles. The number of esters is 1. The number of aliphatic hydroxyl groups is 2. The van der Waals surface area contributed by atoms with Gasteiger partial charge in [-0.15, -0.1) is 0 Å². The number of hydrogen-bond donors (Lipinski definition) is 2. The summed E-state index contributed by atoms with van der Waals surface area (Å²) in [4.78, 5) is 13.4. The summed E-state index contributed by atoms with van der Waals surface area (Å²) >= 11 is 0. The van der Waals surface area contributed by atoms with Crippen LogP contribution in [0.15, 0.2) is 23.8 Å². The van der Waals surface area contributed by atoms with Crippen LogP contribution in [0.2, 0.25) is 0 Å². The van der Waals surface area contributed by atoms with Crippen molar-refractivity contribution in [3.8, 4) is 0 Å². The van der Waals surface area contributed by atoms with Crippen LogP contribution in [-0.2, 0) is 9.53 Å². The van der Waals surface area contributed by atoms with Gasteiger partial charge in [0.15, 0.2) is 0 Å². The van der Waals surface area contributed by atoms with Gasteiger partial charge in [-0.05, 0) is 91.9 Å². The van der Waals surface area contributed by atoms with E-state index in [1.165, 1.54) is 108 Å². The van der Waals surface area contributed by atoms with Gasteiger partial charge in [0, 0.05) is 18.3 Å². The minimum absolute atomic E-state index is 0.184. The number of unbranched alkanes of at least 4 members (excludes halogenated alkanes) is 14. The molecule has 4 heteroatoms. The third kappa shape index (κ3) is 9.89. The standard InChI is InChI=1S/C46H80O4/c1-8-9-10-11-12-13-14-15-16-17-18-19-20-21-22-23-43(48)50-42-32-38-40-27-26-39(36(5)25-24-35(4)34(2)3)44(40,6)30-29-41(38)45(7)31-28-37(47)33-46(42,45)49/h24-25,32,34-37,39-42,47,49H,8-23,26-31,33H2,1-7H3/b25-24+/t35-,36+,37-,39+,40-,41-,42+,44+,45+,46-/m0/s1. The molecule has 2 N–H and O–H groups in total. The van der Waals surface area contributed by atoms with Crippen molar-refractivity contribution in [3.63, 3.8) is 0 Å². The Labute approximate surface area is 309 Å². The first-order valence-electron chi connectivity index (χ1n) is 21.9. The summed E-state index contributed by atoms with van der Waals surface area (Å²) in [7, 11) is 0. The van der Waals surface area contributed by atoms with Crippen molar-refractivity contribution in [1.82, 2.24) is 0 Å². The van der Waals surface area contributed by atoms with Crippen LogP contribution >= 0.6 is 0 Å². The van der Waals surface area contributed by atoms with Crippen LogP contribution in [0.25, 0.3) is 0 Å². The van der Waals surface area contributed by atoms with Crippen molar-refractivity contribution in [2.75, 3.05) is 0 Å². The van der Waals surface area contributed by atoms with Gasteiger partial charge in [-0.25, -0.2) is 0 Å². The molecule has 4 rings (SSSR count). The van der Waals surface area contributed by atoms with Crippen LogP contribution in [0.1, 0.15) is 196 Å². The summed E-state index contributed by atoms with van der Waals surface area (Å²) in [5.41, 5.74) is 0.0582. The van der Waals surface area contributed by atoms with Gasteiger partial charge < -0.3 is 14.9 Å². The van der Waals surface area contributed by atoms with Crippen LogP contribution < -0.4 is 0 Å². The molecule has 0 unspecified atom stereocenters. The maximum atomic E-state index is 13.4. The number of carbonyl (C=O) groups excluding carboxylic acids is 1. The van der Waals surface area contributed by atoms with Crippen molar-refractivity contribution in [1.29, 1.82) is 0 Å². The zero-order valence-electron chi connectivity index (χ0n) is 33.8. The molecule has 0 aromatic heterocycles. The summed E-state index contributed by atoms with van der Waals surface area (Å²) in [5, 5.41) is 23.3. The highest BCUT2D eigenvalue weighted by atomic mass is 16.6. The highest BCUT2D eigenvalue weighted by Gasteiger charge is 2.66. The average Bonchev–Trinajstić information content (AvgIpc) is 3.43. The maximum absolute atomic E-state index is 13.4. The molecule has 4 aliphatic rings. The summed E-state index contributed by atoms with van der Waals surface area (Å²) in [6, 6.07) is 0. The van der Waals surface area contributed by atoms with E-state index in [9.17, 15) is 15.0 Å². The normalized spacial score (nSPS) is 35.0. The Kier molecular flexibility index (Phi) is 16.0. The van der Waals surface area contributed by atoms with Crippen LogP contribution in [0, 0.1) is 46.3 Å². The van der Waals surface area contributed by atoms with E-state index >= 15 is 0 Å². The molecule has 0 amide bonds. The number of fused-ring (bicyclic) bond motifs is 5. The van der Waals surface area contributed by atoms with E-state index in [1.54, 1.807) is 0 Å². The van der Waals surface area contributed by atoms with E-state index in [4.69, 9.17) is 4.74 Å². The molecule has 288 valence electrons. The predicted molar refractivity (Wildman–Crippen MR) is 210 cm³/mol. The molecule has 0 bridgehead atoms. The van der Waals surface area contributed by atoms with Crippen LogP contribution in [0.3, 0.4) is 0 Å². The van der Waals surface area contributed by atoms with Gasteiger partial charge >= 0.3 is 5.97 Å². The van der Waals surface area contributed by atoms with Crippen molar-refractivity contribution >= 4 is 5.97 Å². The minimum atomic E-state index is -1.22. The van der Waals surface area contributed by atoms with E-state index in [1.807, 2.05) is 0 Å². The molecule has 0 aromatic carbocycles.